The Morgan fingerprint density at radius 3 is 2.75 bits per heavy atom. The molecule has 0 saturated carbocycles. The first-order chi connectivity index (χ1) is 9.56. The van der Waals surface area contributed by atoms with Crippen LogP contribution in [0.4, 0.5) is 4.79 Å². The van der Waals surface area contributed by atoms with Gasteiger partial charge < -0.3 is 15.4 Å². The molecule has 106 valence electrons. The topological polar surface area (TPSA) is 67.4 Å². The minimum atomic E-state index is -0.481. The number of hydrogen-bond acceptors (Lipinski definition) is 3. The number of urea groups is 1. The zero-order valence-corrected chi connectivity index (χ0v) is 11.8. The molecule has 0 spiro atoms. The lowest BCUT2D eigenvalue weighted by Crippen LogP contribution is -2.45. The molecule has 5 nitrogen and oxygen atoms in total. The number of carbonyl (C=O) groups is 2. The van der Waals surface area contributed by atoms with E-state index in [1.54, 1.807) is 0 Å². The van der Waals surface area contributed by atoms with Gasteiger partial charge in [0.2, 0.25) is 0 Å². The fraction of sp³-hybridized carbons (Fsp3) is 0.333. The molecule has 0 fully saturated rings. The van der Waals surface area contributed by atoms with Crippen molar-refractivity contribution in [2.24, 2.45) is 0 Å². The first-order valence-corrected chi connectivity index (χ1v) is 6.52. The van der Waals surface area contributed by atoms with E-state index in [4.69, 9.17) is 4.74 Å². The van der Waals surface area contributed by atoms with Gasteiger partial charge in [-0.15, -0.1) is 0 Å². The predicted octanol–water partition coefficient (Wildman–Crippen LogP) is 2.19. The fourth-order valence-corrected chi connectivity index (χ4v) is 2.35. The van der Waals surface area contributed by atoms with E-state index < -0.39 is 12.0 Å². The summed E-state index contributed by atoms with van der Waals surface area (Å²) in [6.07, 6.45) is 0.556. The number of aryl methyl sites for hydroxylation is 1. The third-order valence-electron chi connectivity index (χ3n) is 3.29. The summed E-state index contributed by atoms with van der Waals surface area (Å²) in [6, 6.07) is 6.92. The lowest BCUT2D eigenvalue weighted by atomic mass is 9.93. The standard InChI is InChI=1S/C15H18N2O3/c1-4-11-12(14(18)20-3)13(17-15(19)16-11)10-7-5-6-9(2)8-10/h5-8,13H,4H2,1-3H3,(H2,16,17,19). The predicted molar refractivity (Wildman–Crippen MR) is 74.9 cm³/mol. The fourth-order valence-electron chi connectivity index (χ4n) is 2.35. The zero-order chi connectivity index (χ0) is 14.7. The molecule has 1 aliphatic rings. The lowest BCUT2D eigenvalue weighted by Gasteiger charge is -2.29. The van der Waals surface area contributed by atoms with Gasteiger partial charge in [0.05, 0.1) is 18.7 Å². The Labute approximate surface area is 118 Å². The molecule has 0 aliphatic carbocycles. The van der Waals surface area contributed by atoms with Crippen LogP contribution in [0.3, 0.4) is 0 Å². The second-order valence-corrected chi connectivity index (χ2v) is 4.68. The first-order valence-electron chi connectivity index (χ1n) is 6.52. The van der Waals surface area contributed by atoms with Crippen LogP contribution >= 0.6 is 0 Å². The Kier molecular flexibility index (Phi) is 4.08. The maximum absolute atomic E-state index is 12.0. The molecule has 0 bridgehead atoms. The summed E-state index contributed by atoms with van der Waals surface area (Å²) in [6.45, 7) is 3.85. The van der Waals surface area contributed by atoms with Gasteiger partial charge in [0.25, 0.3) is 0 Å². The molecule has 20 heavy (non-hydrogen) atoms. The molecule has 2 rings (SSSR count). The molecular formula is C15H18N2O3. The van der Waals surface area contributed by atoms with Crippen LogP contribution in [0.15, 0.2) is 35.5 Å². The van der Waals surface area contributed by atoms with Crippen molar-refractivity contribution < 1.29 is 14.3 Å². The lowest BCUT2D eigenvalue weighted by molar-refractivity contribution is -0.136. The molecule has 1 aromatic rings. The van der Waals surface area contributed by atoms with Crippen LogP contribution in [0.1, 0.15) is 30.5 Å². The second-order valence-electron chi connectivity index (χ2n) is 4.68. The summed E-state index contributed by atoms with van der Waals surface area (Å²) in [4.78, 5) is 23.8. The maximum Gasteiger partial charge on any atom is 0.337 e. The number of hydrogen-bond donors (Lipinski definition) is 2. The van der Waals surface area contributed by atoms with E-state index in [1.807, 2.05) is 38.1 Å². The van der Waals surface area contributed by atoms with Crippen molar-refractivity contribution in [2.75, 3.05) is 7.11 Å². The molecule has 5 heteroatoms. The number of benzene rings is 1. The van der Waals surface area contributed by atoms with Crippen LogP contribution in [0.25, 0.3) is 0 Å². The van der Waals surface area contributed by atoms with Crippen LogP contribution in [-0.4, -0.2) is 19.1 Å². The van der Waals surface area contributed by atoms with Crippen molar-refractivity contribution in [1.29, 1.82) is 0 Å². The van der Waals surface area contributed by atoms with Gasteiger partial charge >= 0.3 is 12.0 Å². The molecule has 0 aromatic heterocycles. The normalized spacial score (nSPS) is 18.4. The summed E-state index contributed by atoms with van der Waals surface area (Å²) in [5, 5.41) is 5.46. The average Bonchev–Trinajstić information content (AvgIpc) is 2.45. The third kappa shape index (κ3) is 2.66. The number of amides is 2. The summed E-state index contributed by atoms with van der Waals surface area (Å²) in [5.74, 6) is -0.430. The molecule has 0 saturated heterocycles. The highest BCUT2D eigenvalue weighted by molar-refractivity contribution is 5.95. The highest BCUT2D eigenvalue weighted by Crippen LogP contribution is 2.28. The first kappa shape index (κ1) is 14.1. The van der Waals surface area contributed by atoms with E-state index in [-0.39, 0.29) is 6.03 Å². The van der Waals surface area contributed by atoms with Crippen LogP contribution in [0, 0.1) is 6.92 Å². The Bertz CT molecular complexity index is 578. The molecular weight excluding hydrogens is 256 g/mol. The molecule has 1 aromatic carbocycles. The Hall–Kier alpha value is -2.30. The Morgan fingerprint density at radius 2 is 2.15 bits per heavy atom. The molecule has 1 unspecified atom stereocenters. The molecule has 1 atom stereocenters. The van der Waals surface area contributed by atoms with Crippen LogP contribution in [0.2, 0.25) is 0 Å². The SMILES string of the molecule is CCC1=C(C(=O)OC)C(c2cccc(C)c2)NC(=O)N1. The minimum Gasteiger partial charge on any atom is -0.466 e. The zero-order valence-electron chi connectivity index (χ0n) is 11.8. The van der Waals surface area contributed by atoms with Gasteiger partial charge in [0, 0.05) is 5.70 Å². The van der Waals surface area contributed by atoms with Gasteiger partial charge in [-0.25, -0.2) is 9.59 Å². The largest absolute Gasteiger partial charge is 0.466 e. The van der Waals surface area contributed by atoms with Gasteiger partial charge in [-0.1, -0.05) is 36.8 Å². The maximum atomic E-state index is 12.0. The Morgan fingerprint density at radius 1 is 1.40 bits per heavy atom. The van der Waals surface area contributed by atoms with Crippen LogP contribution in [0.5, 0.6) is 0 Å². The number of methoxy groups -OCH3 is 1. The van der Waals surface area contributed by atoms with E-state index in [0.29, 0.717) is 17.7 Å². The monoisotopic (exact) mass is 274 g/mol. The molecule has 1 heterocycles. The Balaban J connectivity index is 2.53. The summed E-state index contributed by atoms with van der Waals surface area (Å²) in [5.41, 5.74) is 3.00. The van der Waals surface area contributed by atoms with Gasteiger partial charge in [0.15, 0.2) is 0 Å². The third-order valence-corrected chi connectivity index (χ3v) is 3.29. The number of rotatable bonds is 3. The van der Waals surface area contributed by atoms with Gasteiger partial charge in [0.1, 0.15) is 0 Å². The van der Waals surface area contributed by atoms with Crippen molar-refractivity contribution in [1.82, 2.24) is 10.6 Å². The van der Waals surface area contributed by atoms with Crippen molar-refractivity contribution in [3.8, 4) is 0 Å². The average molecular weight is 274 g/mol. The summed E-state index contributed by atoms with van der Waals surface area (Å²) in [7, 11) is 1.34. The molecule has 2 amide bonds. The minimum absolute atomic E-state index is 0.305. The highest BCUT2D eigenvalue weighted by atomic mass is 16.5. The van der Waals surface area contributed by atoms with Crippen molar-refractivity contribution in [3.05, 3.63) is 46.7 Å². The van der Waals surface area contributed by atoms with E-state index >= 15 is 0 Å². The number of ether oxygens (including phenoxy) is 1. The van der Waals surface area contributed by atoms with E-state index in [0.717, 1.165) is 11.1 Å². The number of nitrogens with one attached hydrogen (secondary N) is 2. The molecule has 0 radical (unpaired) electrons. The van der Waals surface area contributed by atoms with E-state index in [2.05, 4.69) is 10.6 Å². The molecule has 1 aliphatic heterocycles. The van der Waals surface area contributed by atoms with Gasteiger partial charge in [-0.2, -0.15) is 0 Å². The van der Waals surface area contributed by atoms with Crippen molar-refractivity contribution in [2.45, 2.75) is 26.3 Å². The smallest absolute Gasteiger partial charge is 0.337 e. The quantitative estimate of drug-likeness (QED) is 0.830. The van der Waals surface area contributed by atoms with Crippen LogP contribution in [-0.2, 0) is 9.53 Å². The molecule has 2 N–H and O–H groups in total. The number of allylic oxidation sites excluding steroid dienone is 1. The van der Waals surface area contributed by atoms with Gasteiger partial charge in [-0.05, 0) is 18.9 Å². The van der Waals surface area contributed by atoms with E-state index in [1.165, 1.54) is 7.11 Å². The van der Waals surface area contributed by atoms with E-state index in [9.17, 15) is 9.59 Å². The van der Waals surface area contributed by atoms with Crippen LogP contribution < -0.4 is 10.6 Å². The van der Waals surface area contributed by atoms with Gasteiger partial charge in [-0.3, -0.25) is 0 Å². The van der Waals surface area contributed by atoms with Crippen molar-refractivity contribution >= 4 is 12.0 Å². The summed E-state index contributed by atoms with van der Waals surface area (Å²) >= 11 is 0. The highest BCUT2D eigenvalue weighted by Gasteiger charge is 2.32. The number of esters is 1. The summed E-state index contributed by atoms with van der Waals surface area (Å²) < 4.78 is 4.85. The van der Waals surface area contributed by atoms with Crippen molar-refractivity contribution in [3.63, 3.8) is 0 Å². The second kappa shape index (κ2) is 5.77. The number of carbonyl (C=O) groups excluding carboxylic acids is 2.